The van der Waals surface area contributed by atoms with Gasteiger partial charge in [-0.15, -0.1) is 0 Å². The van der Waals surface area contributed by atoms with Crippen molar-refractivity contribution in [2.45, 2.75) is 6.17 Å². The molecule has 0 saturated heterocycles. The molecule has 0 bridgehead atoms. The molecule has 1 aliphatic rings. The Morgan fingerprint density at radius 1 is 0.571 bits per heavy atom. The molecule has 3 heterocycles. The molecule has 1 aliphatic heterocycles. The minimum absolute atomic E-state index is 0.231. The highest BCUT2D eigenvalue weighted by atomic mass is 15.3. The van der Waals surface area contributed by atoms with Crippen molar-refractivity contribution in [3.8, 4) is 12.1 Å². The normalized spacial score (nSPS) is 14.9. The lowest BCUT2D eigenvalue weighted by atomic mass is 10.0. The number of fused-ring (bicyclic) bond motifs is 6. The van der Waals surface area contributed by atoms with Gasteiger partial charge in [0.15, 0.2) is 0 Å². The smallest absolute Gasteiger partial charge is 0.125 e. The number of nitrogens with zero attached hydrogens (tertiary/aromatic N) is 4. The summed E-state index contributed by atoms with van der Waals surface area (Å²) in [4.78, 5) is 0. The molecular formula is C37H23N5. The Bertz CT molecular complexity index is 2300. The van der Waals surface area contributed by atoms with Gasteiger partial charge in [-0.25, -0.2) is 0 Å². The number of allylic oxidation sites excluding steroid dienone is 2. The maximum Gasteiger partial charge on any atom is 0.125 e. The quantitative estimate of drug-likeness (QED) is 0.246. The van der Waals surface area contributed by atoms with Gasteiger partial charge in [-0.05, 0) is 71.8 Å². The van der Waals surface area contributed by atoms with Gasteiger partial charge >= 0.3 is 0 Å². The fourth-order valence-corrected chi connectivity index (χ4v) is 6.34. The first kappa shape index (κ1) is 23.8. The van der Waals surface area contributed by atoms with E-state index in [2.05, 4.69) is 105 Å². The number of aromatic nitrogens is 2. The molecule has 1 atom stereocenters. The largest absolute Gasteiger partial charge is 0.347 e. The van der Waals surface area contributed by atoms with Gasteiger partial charge in [0.1, 0.15) is 12.0 Å². The van der Waals surface area contributed by atoms with Gasteiger partial charge in [0.05, 0.1) is 45.3 Å². The first-order chi connectivity index (χ1) is 20.7. The molecule has 5 nitrogen and oxygen atoms in total. The van der Waals surface area contributed by atoms with Crippen LogP contribution in [0.15, 0.2) is 127 Å². The fourth-order valence-electron chi connectivity index (χ4n) is 6.34. The van der Waals surface area contributed by atoms with Crippen LogP contribution in [0.25, 0.3) is 55.0 Å². The number of benzene rings is 5. The summed E-state index contributed by atoms with van der Waals surface area (Å²) in [5, 5.41) is 27.4. The van der Waals surface area contributed by atoms with Gasteiger partial charge in [-0.2, -0.15) is 10.5 Å². The second-order valence-electron chi connectivity index (χ2n) is 10.5. The van der Waals surface area contributed by atoms with Crippen LogP contribution in [-0.2, 0) is 0 Å². The molecule has 2 aromatic heterocycles. The summed E-state index contributed by atoms with van der Waals surface area (Å²) in [5.41, 5.74) is 7.74. The Morgan fingerprint density at radius 2 is 1.12 bits per heavy atom. The summed E-state index contributed by atoms with van der Waals surface area (Å²) in [7, 11) is 0. The lowest BCUT2D eigenvalue weighted by Crippen LogP contribution is -2.29. The van der Waals surface area contributed by atoms with Gasteiger partial charge in [-0.1, -0.05) is 66.7 Å². The summed E-state index contributed by atoms with van der Waals surface area (Å²) >= 11 is 0. The van der Waals surface area contributed by atoms with Gasteiger partial charge in [0.25, 0.3) is 0 Å². The molecule has 8 rings (SSSR count). The van der Waals surface area contributed by atoms with E-state index in [0.29, 0.717) is 11.1 Å². The van der Waals surface area contributed by atoms with Crippen LogP contribution in [0.2, 0.25) is 0 Å². The summed E-state index contributed by atoms with van der Waals surface area (Å²) in [6.07, 6.45) is 4.20. The lowest BCUT2D eigenvalue weighted by Gasteiger charge is -2.28. The van der Waals surface area contributed by atoms with E-state index in [-0.39, 0.29) is 6.17 Å². The zero-order chi connectivity index (χ0) is 28.2. The van der Waals surface area contributed by atoms with E-state index in [1.54, 1.807) is 0 Å². The Kier molecular flexibility index (Phi) is 5.25. The monoisotopic (exact) mass is 537 g/mol. The Hall–Kier alpha value is -6.04. The van der Waals surface area contributed by atoms with E-state index in [9.17, 15) is 10.5 Å². The van der Waals surface area contributed by atoms with Gasteiger partial charge in [-0.3, -0.25) is 4.57 Å². The topological polar surface area (TPSA) is 69.5 Å². The highest BCUT2D eigenvalue weighted by molar-refractivity contribution is 6.11. The number of para-hydroxylation sites is 3. The van der Waals surface area contributed by atoms with Crippen LogP contribution in [0.1, 0.15) is 22.9 Å². The molecule has 7 aromatic rings. The molecule has 0 radical (unpaired) electrons. The maximum atomic E-state index is 9.63. The van der Waals surface area contributed by atoms with Crippen molar-refractivity contribution in [3.63, 3.8) is 0 Å². The number of dihydropyridines is 1. The molecule has 0 saturated carbocycles. The van der Waals surface area contributed by atoms with Crippen LogP contribution in [0, 0.1) is 22.7 Å². The second-order valence-corrected chi connectivity index (χ2v) is 10.5. The van der Waals surface area contributed by atoms with Crippen molar-refractivity contribution in [2.24, 2.45) is 0 Å². The highest BCUT2D eigenvalue weighted by Gasteiger charge is 2.24. The minimum Gasteiger partial charge on any atom is -0.347 e. The number of hydrogen-bond donors (Lipinski definition) is 1. The molecule has 0 aliphatic carbocycles. The van der Waals surface area contributed by atoms with Crippen molar-refractivity contribution in [1.82, 2.24) is 14.5 Å². The summed E-state index contributed by atoms with van der Waals surface area (Å²) in [6.45, 7) is 0. The van der Waals surface area contributed by atoms with Crippen molar-refractivity contribution in [3.05, 3.63) is 144 Å². The molecular weight excluding hydrogens is 514 g/mol. The molecule has 196 valence electrons. The number of nitrogens with one attached hydrogen (secondary N) is 1. The average Bonchev–Trinajstić information content (AvgIpc) is 3.57. The van der Waals surface area contributed by atoms with E-state index in [1.807, 2.05) is 48.5 Å². The maximum absolute atomic E-state index is 9.63. The van der Waals surface area contributed by atoms with E-state index < -0.39 is 0 Å². The van der Waals surface area contributed by atoms with E-state index in [1.165, 1.54) is 10.8 Å². The van der Waals surface area contributed by atoms with Crippen LogP contribution in [0.5, 0.6) is 0 Å². The Morgan fingerprint density at radius 3 is 1.76 bits per heavy atom. The van der Waals surface area contributed by atoms with Crippen LogP contribution in [0.3, 0.4) is 0 Å². The fraction of sp³-hybridized carbons (Fsp3) is 0.0270. The summed E-state index contributed by atoms with van der Waals surface area (Å²) in [6, 6.07) is 43.5. The number of nitriles is 2. The molecule has 1 N–H and O–H groups in total. The van der Waals surface area contributed by atoms with Gasteiger partial charge in [0, 0.05) is 21.5 Å². The third kappa shape index (κ3) is 3.55. The molecule has 5 aromatic carbocycles. The van der Waals surface area contributed by atoms with Crippen molar-refractivity contribution in [2.75, 3.05) is 0 Å². The van der Waals surface area contributed by atoms with E-state index in [4.69, 9.17) is 0 Å². The predicted molar refractivity (Wildman–Crippen MR) is 169 cm³/mol. The highest BCUT2D eigenvalue weighted by Crippen LogP contribution is 2.38. The third-order valence-electron chi connectivity index (χ3n) is 8.21. The minimum atomic E-state index is -0.231. The average molecular weight is 538 g/mol. The van der Waals surface area contributed by atoms with Crippen LogP contribution >= 0.6 is 0 Å². The van der Waals surface area contributed by atoms with Crippen LogP contribution < -0.4 is 5.32 Å². The lowest BCUT2D eigenvalue weighted by molar-refractivity contribution is 0.579. The SMILES string of the molecule is N#Cc1ccc(C2=CC(n3c4ccccc4c4cc(C#N)ccc43)NC(n3c4ccccc4c4ccccc43)=C2)cc1. The van der Waals surface area contributed by atoms with Crippen molar-refractivity contribution >= 4 is 55.0 Å². The standard InChI is InChI=1S/C37H23N5/c38-22-24-13-16-26(17-14-24)27-20-36(41-32-10-4-1-7-28(32)29-8-2-5-11-33(29)41)40-37(21-27)42-34-12-6-3-9-30(34)31-19-25(23-39)15-18-35(31)42/h1-21,37,40H. The van der Waals surface area contributed by atoms with Gasteiger partial charge in [0.2, 0.25) is 0 Å². The zero-order valence-electron chi connectivity index (χ0n) is 22.5. The van der Waals surface area contributed by atoms with Gasteiger partial charge < -0.3 is 9.88 Å². The summed E-state index contributed by atoms with van der Waals surface area (Å²) < 4.78 is 4.62. The number of rotatable bonds is 3. The first-order valence-corrected chi connectivity index (χ1v) is 13.9. The van der Waals surface area contributed by atoms with Crippen LogP contribution in [-0.4, -0.2) is 9.13 Å². The van der Waals surface area contributed by atoms with Crippen molar-refractivity contribution in [1.29, 1.82) is 10.5 Å². The molecule has 0 amide bonds. The van der Waals surface area contributed by atoms with E-state index in [0.717, 1.165) is 49.8 Å². The summed E-state index contributed by atoms with van der Waals surface area (Å²) in [5.74, 6) is 0.957. The van der Waals surface area contributed by atoms with E-state index >= 15 is 0 Å². The molecule has 42 heavy (non-hydrogen) atoms. The van der Waals surface area contributed by atoms with Crippen molar-refractivity contribution < 1.29 is 0 Å². The second kappa shape index (κ2) is 9.27. The first-order valence-electron chi connectivity index (χ1n) is 13.9. The van der Waals surface area contributed by atoms with Crippen LogP contribution in [0.4, 0.5) is 0 Å². The zero-order valence-corrected chi connectivity index (χ0v) is 22.5. The third-order valence-corrected chi connectivity index (χ3v) is 8.21. The Balaban J connectivity index is 1.40. The Labute approximate surface area is 242 Å². The number of hydrogen-bond acceptors (Lipinski definition) is 3. The molecule has 5 heteroatoms. The molecule has 0 fully saturated rings. The predicted octanol–water partition coefficient (Wildman–Crippen LogP) is 8.33. The molecule has 1 unspecified atom stereocenters. The molecule has 0 spiro atoms.